The second-order valence-electron chi connectivity index (χ2n) is 7.05. The number of rotatable bonds is 6. The van der Waals surface area contributed by atoms with Crippen molar-refractivity contribution in [2.45, 2.75) is 40.2 Å². The Morgan fingerprint density at radius 2 is 2.04 bits per heavy atom. The maximum atomic E-state index is 12.6. The van der Waals surface area contributed by atoms with Gasteiger partial charge in [0.25, 0.3) is 5.91 Å². The van der Waals surface area contributed by atoms with E-state index in [-0.39, 0.29) is 36.0 Å². The lowest BCUT2D eigenvalue weighted by atomic mass is 10.1. The zero-order valence-electron chi connectivity index (χ0n) is 14.9. The van der Waals surface area contributed by atoms with E-state index in [2.05, 4.69) is 0 Å². The highest BCUT2D eigenvalue weighted by Crippen LogP contribution is 2.21. The fraction of sp³-hybridized carbons (Fsp3) is 0.611. The van der Waals surface area contributed by atoms with Gasteiger partial charge in [0.05, 0.1) is 11.5 Å². The van der Waals surface area contributed by atoms with E-state index in [0.29, 0.717) is 18.7 Å². The first-order valence-electron chi connectivity index (χ1n) is 8.38. The van der Waals surface area contributed by atoms with E-state index in [9.17, 15) is 13.2 Å². The minimum atomic E-state index is -3.02. The van der Waals surface area contributed by atoms with Gasteiger partial charge in [0.2, 0.25) is 0 Å². The van der Waals surface area contributed by atoms with E-state index >= 15 is 0 Å². The van der Waals surface area contributed by atoms with Gasteiger partial charge in [-0.1, -0.05) is 31.5 Å². The molecule has 6 heteroatoms. The van der Waals surface area contributed by atoms with Crippen molar-refractivity contribution in [3.05, 3.63) is 29.3 Å². The summed E-state index contributed by atoms with van der Waals surface area (Å²) >= 11 is 0. The molecule has 1 atom stereocenters. The van der Waals surface area contributed by atoms with Crippen molar-refractivity contribution >= 4 is 15.7 Å². The highest BCUT2D eigenvalue weighted by molar-refractivity contribution is 7.91. The predicted molar refractivity (Wildman–Crippen MR) is 95.0 cm³/mol. The van der Waals surface area contributed by atoms with Crippen molar-refractivity contribution in [3.63, 3.8) is 0 Å². The van der Waals surface area contributed by atoms with Crippen LogP contribution in [0.2, 0.25) is 0 Å². The zero-order valence-corrected chi connectivity index (χ0v) is 15.7. The topological polar surface area (TPSA) is 63.7 Å². The van der Waals surface area contributed by atoms with Gasteiger partial charge in [-0.15, -0.1) is 0 Å². The molecule has 2 rings (SSSR count). The molecule has 1 saturated heterocycles. The van der Waals surface area contributed by atoms with E-state index < -0.39 is 9.84 Å². The third-order valence-corrected chi connectivity index (χ3v) is 5.96. The van der Waals surface area contributed by atoms with Crippen LogP contribution >= 0.6 is 0 Å². The van der Waals surface area contributed by atoms with Crippen molar-refractivity contribution in [3.8, 4) is 5.75 Å². The Balaban J connectivity index is 2.05. The quantitative estimate of drug-likeness (QED) is 0.787. The predicted octanol–water partition coefficient (Wildman–Crippen LogP) is 2.35. The molecule has 5 nitrogen and oxygen atoms in total. The molecule has 1 aliphatic heterocycles. The van der Waals surface area contributed by atoms with Crippen LogP contribution in [-0.4, -0.2) is 49.9 Å². The molecule has 0 bridgehead atoms. The number of sulfone groups is 1. The molecule has 1 fully saturated rings. The van der Waals surface area contributed by atoms with Gasteiger partial charge in [-0.3, -0.25) is 4.79 Å². The smallest absolute Gasteiger partial charge is 0.260 e. The van der Waals surface area contributed by atoms with Gasteiger partial charge in [-0.2, -0.15) is 0 Å². The Morgan fingerprint density at radius 1 is 1.33 bits per heavy atom. The van der Waals surface area contributed by atoms with Gasteiger partial charge in [0.15, 0.2) is 16.4 Å². The fourth-order valence-electron chi connectivity index (χ4n) is 3.05. The number of hydrogen-bond acceptors (Lipinski definition) is 4. The number of ether oxygens (including phenoxy) is 1. The SMILES string of the molecule is Cc1ccc(OCC(=O)N(CC(C)C)[C@@H]2CCS(=O)(=O)C2)c(C)c1. The molecule has 1 aromatic rings. The Kier molecular flexibility index (Phi) is 5.91. The summed E-state index contributed by atoms with van der Waals surface area (Å²) in [6.07, 6.45) is 0.518. The lowest BCUT2D eigenvalue weighted by Crippen LogP contribution is -2.45. The lowest BCUT2D eigenvalue weighted by molar-refractivity contribution is -0.135. The third-order valence-electron chi connectivity index (χ3n) is 4.21. The van der Waals surface area contributed by atoms with Crippen LogP contribution in [0.25, 0.3) is 0 Å². The minimum Gasteiger partial charge on any atom is -0.484 e. The van der Waals surface area contributed by atoms with Crippen molar-refractivity contribution in [1.29, 1.82) is 0 Å². The summed E-state index contributed by atoms with van der Waals surface area (Å²) in [5.41, 5.74) is 2.13. The van der Waals surface area contributed by atoms with Crippen molar-refractivity contribution in [1.82, 2.24) is 4.90 Å². The summed E-state index contributed by atoms with van der Waals surface area (Å²) in [6.45, 7) is 8.49. The molecule has 134 valence electrons. The summed E-state index contributed by atoms with van der Waals surface area (Å²) in [5.74, 6) is 1.05. The molecule has 0 N–H and O–H groups in total. The summed E-state index contributed by atoms with van der Waals surface area (Å²) in [6, 6.07) is 5.59. The summed E-state index contributed by atoms with van der Waals surface area (Å²) in [7, 11) is -3.02. The first-order valence-corrected chi connectivity index (χ1v) is 10.2. The van der Waals surface area contributed by atoms with Crippen molar-refractivity contribution in [2.75, 3.05) is 24.7 Å². The Morgan fingerprint density at radius 3 is 2.58 bits per heavy atom. The van der Waals surface area contributed by atoms with E-state index in [1.54, 1.807) is 4.90 Å². The maximum Gasteiger partial charge on any atom is 0.260 e. The third kappa shape index (κ3) is 4.97. The highest BCUT2D eigenvalue weighted by Gasteiger charge is 2.34. The zero-order chi connectivity index (χ0) is 17.9. The van der Waals surface area contributed by atoms with Gasteiger partial charge in [0, 0.05) is 12.6 Å². The largest absolute Gasteiger partial charge is 0.484 e. The molecule has 1 heterocycles. The van der Waals surface area contributed by atoms with Gasteiger partial charge in [-0.05, 0) is 37.8 Å². The summed E-state index contributed by atoms with van der Waals surface area (Å²) in [5, 5.41) is 0. The average molecular weight is 353 g/mol. The van der Waals surface area contributed by atoms with Crippen LogP contribution in [-0.2, 0) is 14.6 Å². The molecule has 1 aliphatic rings. The Labute approximate surface area is 144 Å². The molecule has 0 unspecified atom stereocenters. The van der Waals surface area contributed by atoms with Crippen LogP contribution in [0, 0.1) is 19.8 Å². The Hall–Kier alpha value is -1.56. The van der Waals surface area contributed by atoms with Crippen LogP contribution in [0.3, 0.4) is 0 Å². The highest BCUT2D eigenvalue weighted by atomic mass is 32.2. The maximum absolute atomic E-state index is 12.6. The van der Waals surface area contributed by atoms with Crippen LogP contribution in [0.15, 0.2) is 18.2 Å². The molecular formula is C18H27NO4S. The summed E-state index contributed by atoms with van der Waals surface area (Å²) < 4.78 is 29.2. The molecule has 0 spiro atoms. The van der Waals surface area contributed by atoms with Crippen molar-refractivity contribution in [2.24, 2.45) is 5.92 Å². The first-order chi connectivity index (χ1) is 11.2. The van der Waals surface area contributed by atoms with Gasteiger partial charge in [-0.25, -0.2) is 8.42 Å². The van der Waals surface area contributed by atoms with Crippen LogP contribution in [0.4, 0.5) is 0 Å². The van der Waals surface area contributed by atoms with Gasteiger partial charge < -0.3 is 9.64 Å². The molecular weight excluding hydrogens is 326 g/mol. The first kappa shape index (κ1) is 18.8. The lowest BCUT2D eigenvalue weighted by Gasteiger charge is -2.30. The number of aryl methyl sites for hydroxylation is 2. The van der Waals surface area contributed by atoms with Crippen LogP contribution in [0.5, 0.6) is 5.75 Å². The van der Waals surface area contributed by atoms with Crippen LogP contribution in [0.1, 0.15) is 31.4 Å². The normalized spacial score (nSPS) is 19.5. The van der Waals surface area contributed by atoms with Gasteiger partial charge in [0.1, 0.15) is 5.75 Å². The standard InChI is InChI=1S/C18H27NO4S/c1-13(2)10-19(16-7-8-24(21,22)12-16)18(20)11-23-17-6-5-14(3)9-15(17)4/h5-6,9,13,16H,7-8,10-12H2,1-4H3/t16-/m1/s1. The Bertz CT molecular complexity index is 697. The molecule has 1 amide bonds. The monoisotopic (exact) mass is 353 g/mol. The molecule has 24 heavy (non-hydrogen) atoms. The van der Waals surface area contributed by atoms with E-state index in [1.807, 2.05) is 45.9 Å². The average Bonchev–Trinajstić information content (AvgIpc) is 2.83. The molecule has 0 aromatic heterocycles. The van der Waals surface area contributed by atoms with E-state index in [0.717, 1.165) is 11.1 Å². The van der Waals surface area contributed by atoms with E-state index in [1.165, 1.54) is 0 Å². The van der Waals surface area contributed by atoms with Crippen LogP contribution < -0.4 is 4.74 Å². The second kappa shape index (κ2) is 7.55. The second-order valence-corrected chi connectivity index (χ2v) is 9.28. The van der Waals surface area contributed by atoms with E-state index in [4.69, 9.17) is 4.74 Å². The molecule has 0 saturated carbocycles. The number of amides is 1. The molecule has 1 aromatic carbocycles. The molecule has 0 radical (unpaired) electrons. The number of carbonyl (C=O) groups is 1. The number of hydrogen-bond donors (Lipinski definition) is 0. The molecule has 0 aliphatic carbocycles. The minimum absolute atomic E-state index is 0.0623. The summed E-state index contributed by atoms with van der Waals surface area (Å²) in [4.78, 5) is 14.3. The van der Waals surface area contributed by atoms with Crippen molar-refractivity contribution < 1.29 is 17.9 Å². The van der Waals surface area contributed by atoms with Gasteiger partial charge >= 0.3 is 0 Å². The number of nitrogens with zero attached hydrogens (tertiary/aromatic N) is 1. The number of benzene rings is 1. The number of carbonyl (C=O) groups excluding carboxylic acids is 1. The fourth-order valence-corrected chi connectivity index (χ4v) is 4.78.